The molecule has 1 heterocycles. The average Bonchev–Trinajstić information content (AvgIpc) is 2.93. The van der Waals surface area contributed by atoms with Gasteiger partial charge in [0.2, 0.25) is 0 Å². The summed E-state index contributed by atoms with van der Waals surface area (Å²) in [5.41, 5.74) is 7.81. The van der Waals surface area contributed by atoms with Crippen molar-refractivity contribution in [1.29, 1.82) is 0 Å². The van der Waals surface area contributed by atoms with E-state index in [0.29, 0.717) is 11.5 Å². The molecule has 3 rings (SSSR count). The normalized spacial score (nSPS) is 14.7. The molecule has 0 unspecified atom stereocenters. The van der Waals surface area contributed by atoms with E-state index in [9.17, 15) is 13.2 Å². The number of halogens is 3. The van der Waals surface area contributed by atoms with Gasteiger partial charge in [-0.25, -0.2) is 4.68 Å². The Morgan fingerprint density at radius 2 is 1.79 bits per heavy atom. The number of nitrogens with two attached hydrogens (primary N) is 1. The molecule has 1 aromatic carbocycles. The van der Waals surface area contributed by atoms with Crippen molar-refractivity contribution in [3.63, 3.8) is 0 Å². The number of nitrogens with zero attached hydrogens (tertiary/aromatic N) is 2. The fourth-order valence-electron chi connectivity index (χ4n) is 2.47. The maximum absolute atomic E-state index is 12.5. The zero-order valence-corrected chi connectivity index (χ0v) is 10.0. The molecule has 0 amide bonds. The molecular weight excluding hydrogens is 255 g/mol. The van der Waals surface area contributed by atoms with E-state index in [1.165, 1.54) is 12.1 Å². The van der Waals surface area contributed by atoms with Crippen LogP contribution in [0, 0.1) is 0 Å². The van der Waals surface area contributed by atoms with Crippen LogP contribution in [0.15, 0.2) is 24.3 Å². The lowest BCUT2D eigenvalue weighted by Crippen LogP contribution is -2.06. The Kier molecular flexibility index (Phi) is 2.55. The highest BCUT2D eigenvalue weighted by molar-refractivity contribution is 5.49. The SMILES string of the molecule is Nc1nn(-c2ccc(C(F)(F)F)cc2)c2c1CCC2. The number of fused-ring (bicyclic) bond motifs is 1. The molecular formula is C13H12F3N3. The van der Waals surface area contributed by atoms with Crippen molar-refractivity contribution in [2.75, 3.05) is 5.73 Å². The van der Waals surface area contributed by atoms with Crippen molar-refractivity contribution in [2.45, 2.75) is 25.4 Å². The molecule has 6 heteroatoms. The van der Waals surface area contributed by atoms with Gasteiger partial charge in [0.1, 0.15) is 5.82 Å². The van der Waals surface area contributed by atoms with Crippen molar-refractivity contribution in [1.82, 2.24) is 9.78 Å². The van der Waals surface area contributed by atoms with Crippen LogP contribution in [-0.4, -0.2) is 9.78 Å². The van der Waals surface area contributed by atoms with Crippen molar-refractivity contribution < 1.29 is 13.2 Å². The lowest BCUT2D eigenvalue weighted by Gasteiger charge is -2.09. The van der Waals surface area contributed by atoms with E-state index >= 15 is 0 Å². The highest BCUT2D eigenvalue weighted by Crippen LogP contribution is 2.32. The Morgan fingerprint density at radius 3 is 2.42 bits per heavy atom. The summed E-state index contributed by atoms with van der Waals surface area (Å²) < 4.78 is 39.2. The molecule has 0 radical (unpaired) electrons. The molecule has 1 aromatic heterocycles. The van der Waals surface area contributed by atoms with Crippen LogP contribution in [0.5, 0.6) is 0 Å². The standard InChI is InChI=1S/C13H12F3N3/c14-13(15,16)8-4-6-9(7-5-8)19-11-3-1-2-10(11)12(17)18-19/h4-7H,1-3H2,(H2,17,18). The van der Waals surface area contributed by atoms with E-state index < -0.39 is 11.7 Å². The van der Waals surface area contributed by atoms with Crippen LogP contribution >= 0.6 is 0 Å². The van der Waals surface area contributed by atoms with Crippen LogP contribution in [-0.2, 0) is 19.0 Å². The Balaban J connectivity index is 2.02. The first-order valence-electron chi connectivity index (χ1n) is 6.00. The topological polar surface area (TPSA) is 43.8 Å². The Hall–Kier alpha value is -1.98. The number of aromatic nitrogens is 2. The first kappa shape index (κ1) is 12.1. The molecule has 3 nitrogen and oxygen atoms in total. The molecule has 0 saturated heterocycles. The lowest BCUT2D eigenvalue weighted by molar-refractivity contribution is -0.137. The minimum Gasteiger partial charge on any atom is -0.382 e. The summed E-state index contributed by atoms with van der Waals surface area (Å²) in [6, 6.07) is 4.98. The smallest absolute Gasteiger partial charge is 0.382 e. The van der Waals surface area contributed by atoms with Crippen LogP contribution in [0.25, 0.3) is 5.69 Å². The predicted molar refractivity (Wildman–Crippen MR) is 65.0 cm³/mol. The van der Waals surface area contributed by atoms with E-state index in [4.69, 9.17) is 5.73 Å². The molecule has 0 bridgehead atoms. The maximum Gasteiger partial charge on any atom is 0.416 e. The van der Waals surface area contributed by atoms with Gasteiger partial charge in [0.15, 0.2) is 0 Å². The maximum atomic E-state index is 12.5. The number of anilines is 1. The van der Waals surface area contributed by atoms with E-state index in [1.807, 2.05) is 0 Å². The van der Waals surface area contributed by atoms with Crippen LogP contribution in [0.1, 0.15) is 23.2 Å². The molecule has 1 aliphatic rings. The zero-order valence-electron chi connectivity index (χ0n) is 10.0. The Morgan fingerprint density at radius 1 is 1.11 bits per heavy atom. The Bertz CT molecular complexity index is 611. The quantitative estimate of drug-likeness (QED) is 0.863. The highest BCUT2D eigenvalue weighted by atomic mass is 19.4. The van der Waals surface area contributed by atoms with Crippen LogP contribution in [0.4, 0.5) is 19.0 Å². The molecule has 0 saturated carbocycles. The van der Waals surface area contributed by atoms with Crippen molar-refractivity contribution in [3.8, 4) is 5.69 Å². The minimum absolute atomic E-state index is 0.479. The second-order valence-corrected chi connectivity index (χ2v) is 4.62. The third kappa shape index (κ3) is 1.97. The summed E-state index contributed by atoms with van der Waals surface area (Å²) >= 11 is 0. The van der Waals surface area contributed by atoms with Crippen LogP contribution in [0.3, 0.4) is 0 Å². The molecule has 2 aromatic rings. The van der Waals surface area contributed by atoms with E-state index in [2.05, 4.69) is 5.10 Å². The minimum atomic E-state index is -4.32. The molecule has 1 aliphatic carbocycles. The first-order chi connectivity index (χ1) is 8.97. The second kappa shape index (κ2) is 4.01. The summed E-state index contributed by atoms with van der Waals surface area (Å²) in [5, 5.41) is 4.21. The van der Waals surface area contributed by atoms with Crippen molar-refractivity contribution in [3.05, 3.63) is 41.1 Å². The molecule has 0 atom stereocenters. The molecule has 19 heavy (non-hydrogen) atoms. The molecule has 0 fully saturated rings. The van der Waals surface area contributed by atoms with Gasteiger partial charge in [-0.1, -0.05) is 0 Å². The van der Waals surface area contributed by atoms with Gasteiger partial charge in [0, 0.05) is 11.3 Å². The van der Waals surface area contributed by atoms with Gasteiger partial charge in [0.25, 0.3) is 0 Å². The van der Waals surface area contributed by atoms with Gasteiger partial charge < -0.3 is 5.73 Å². The van der Waals surface area contributed by atoms with Gasteiger partial charge in [-0.05, 0) is 43.5 Å². The van der Waals surface area contributed by atoms with E-state index in [-0.39, 0.29) is 0 Å². The summed E-state index contributed by atoms with van der Waals surface area (Å²) in [5.74, 6) is 0.479. The van der Waals surface area contributed by atoms with Gasteiger partial charge in [-0.2, -0.15) is 18.3 Å². The van der Waals surface area contributed by atoms with Gasteiger partial charge in [0.05, 0.1) is 11.3 Å². The van der Waals surface area contributed by atoms with Crippen molar-refractivity contribution in [2.24, 2.45) is 0 Å². The average molecular weight is 267 g/mol. The monoisotopic (exact) mass is 267 g/mol. The third-order valence-electron chi connectivity index (χ3n) is 3.40. The highest BCUT2D eigenvalue weighted by Gasteiger charge is 2.30. The number of hydrogen-bond donors (Lipinski definition) is 1. The Labute approximate surface area is 107 Å². The largest absolute Gasteiger partial charge is 0.416 e. The van der Waals surface area contributed by atoms with Crippen LogP contribution in [0.2, 0.25) is 0 Å². The summed E-state index contributed by atoms with van der Waals surface area (Å²) in [7, 11) is 0. The lowest BCUT2D eigenvalue weighted by atomic mass is 10.2. The number of rotatable bonds is 1. The fraction of sp³-hybridized carbons (Fsp3) is 0.308. The fourth-order valence-corrected chi connectivity index (χ4v) is 2.47. The first-order valence-corrected chi connectivity index (χ1v) is 6.00. The summed E-state index contributed by atoms with van der Waals surface area (Å²) in [4.78, 5) is 0. The summed E-state index contributed by atoms with van der Waals surface area (Å²) in [6.45, 7) is 0. The van der Waals surface area contributed by atoms with Gasteiger partial charge >= 0.3 is 6.18 Å². The van der Waals surface area contributed by atoms with E-state index in [0.717, 1.165) is 42.7 Å². The molecule has 2 N–H and O–H groups in total. The molecule has 100 valence electrons. The second-order valence-electron chi connectivity index (χ2n) is 4.62. The van der Waals surface area contributed by atoms with Gasteiger partial charge in [-0.15, -0.1) is 0 Å². The third-order valence-corrected chi connectivity index (χ3v) is 3.40. The van der Waals surface area contributed by atoms with E-state index in [1.54, 1.807) is 4.68 Å². The molecule has 0 spiro atoms. The zero-order chi connectivity index (χ0) is 13.6. The number of nitrogen functional groups attached to an aromatic ring is 1. The molecule has 0 aliphatic heterocycles. The summed E-state index contributed by atoms with van der Waals surface area (Å²) in [6.07, 6.45) is -1.55. The number of hydrogen-bond acceptors (Lipinski definition) is 2. The predicted octanol–water partition coefficient (Wildman–Crippen LogP) is 2.96. The van der Waals surface area contributed by atoms with Gasteiger partial charge in [-0.3, -0.25) is 0 Å². The number of alkyl halides is 3. The number of benzene rings is 1. The van der Waals surface area contributed by atoms with Crippen molar-refractivity contribution >= 4 is 5.82 Å². The van der Waals surface area contributed by atoms with Crippen LogP contribution < -0.4 is 5.73 Å².